The van der Waals surface area contributed by atoms with Gasteiger partial charge in [0.15, 0.2) is 0 Å². The second-order valence-electron chi connectivity index (χ2n) is 6.44. The second kappa shape index (κ2) is 8.37. The summed E-state index contributed by atoms with van der Waals surface area (Å²) in [5.74, 6) is -3.44. The van der Waals surface area contributed by atoms with Crippen LogP contribution in [0.2, 0.25) is 0 Å². The fourth-order valence-electron chi connectivity index (χ4n) is 2.57. The Morgan fingerprint density at radius 1 is 1.12 bits per heavy atom. The van der Waals surface area contributed by atoms with E-state index in [9.17, 15) is 13.9 Å². The number of aryl methyl sites for hydroxylation is 1. The van der Waals surface area contributed by atoms with E-state index in [1.165, 1.54) is 0 Å². The Bertz CT molecular complexity index is 681. The zero-order valence-electron chi connectivity index (χ0n) is 14.6. The van der Waals surface area contributed by atoms with Gasteiger partial charge in [0.05, 0.1) is 6.61 Å². The van der Waals surface area contributed by atoms with E-state index >= 15 is 0 Å². The average Bonchev–Trinajstić information content (AvgIpc) is 2.57. The molecule has 0 amide bonds. The number of benzene rings is 2. The molecule has 2 rings (SSSR count). The fourth-order valence-corrected chi connectivity index (χ4v) is 2.57. The number of hydrogen-bond acceptors (Lipinski definition) is 2. The van der Waals surface area contributed by atoms with Crippen LogP contribution in [-0.2, 0) is 11.3 Å². The third-order valence-electron chi connectivity index (χ3n) is 3.98. The molecule has 0 aromatic heterocycles. The van der Waals surface area contributed by atoms with E-state index in [1.54, 1.807) is 31.2 Å². The summed E-state index contributed by atoms with van der Waals surface area (Å²) in [5.41, 5.74) is 2.60. The minimum absolute atomic E-state index is 0.0365. The van der Waals surface area contributed by atoms with Crippen LogP contribution in [0.3, 0.4) is 0 Å². The van der Waals surface area contributed by atoms with Crippen molar-refractivity contribution in [3.05, 3.63) is 83.4 Å². The predicted molar refractivity (Wildman–Crippen MR) is 95.5 cm³/mol. The Hall–Kier alpha value is -2.04. The van der Waals surface area contributed by atoms with E-state index in [0.717, 1.165) is 11.1 Å². The van der Waals surface area contributed by atoms with Crippen LogP contribution in [-0.4, -0.2) is 17.1 Å². The van der Waals surface area contributed by atoms with Gasteiger partial charge in [-0.1, -0.05) is 65.7 Å². The molecule has 1 N–H and O–H groups in total. The van der Waals surface area contributed by atoms with Gasteiger partial charge in [-0.15, -0.1) is 6.58 Å². The van der Waals surface area contributed by atoms with Crippen LogP contribution in [0.1, 0.15) is 36.1 Å². The Morgan fingerprint density at radius 3 is 2.28 bits per heavy atom. The third-order valence-corrected chi connectivity index (χ3v) is 3.98. The van der Waals surface area contributed by atoms with Gasteiger partial charge in [0, 0.05) is 0 Å². The van der Waals surface area contributed by atoms with Gasteiger partial charge in [0.2, 0.25) is 0 Å². The highest BCUT2D eigenvalue weighted by molar-refractivity contribution is 5.25. The molecule has 4 heteroatoms. The molecular formula is C21H24F2O2. The first kappa shape index (κ1) is 19.3. The molecule has 2 atom stereocenters. The molecule has 0 aliphatic rings. The lowest BCUT2D eigenvalue weighted by Gasteiger charge is -2.31. The van der Waals surface area contributed by atoms with E-state index in [2.05, 4.69) is 6.58 Å². The van der Waals surface area contributed by atoms with Crippen LogP contribution >= 0.6 is 0 Å². The molecule has 0 saturated carbocycles. The molecule has 0 unspecified atom stereocenters. The lowest BCUT2D eigenvalue weighted by Crippen LogP contribution is -2.41. The largest absolute Gasteiger partial charge is 0.386 e. The first-order valence-electron chi connectivity index (χ1n) is 8.23. The Balaban J connectivity index is 2.27. The number of ether oxygens (including phenoxy) is 1. The normalized spacial score (nSPS) is 14.1. The monoisotopic (exact) mass is 346 g/mol. The minimum Gasteiger partial charge on any atom is -0.386 e. The first-order valence-corrected chi connectivity index (χ1v) is 8.23. The molecule has 0 bridgehead atoms. The lowest BCUT2D eigenvalue weighted by molar-refractivity contribution is -0.200. The van der Waals surface area contributed by atoms with Gasteiger partial charge in [-0.2, -0.15) is 0 Å². The van der Waals surface area contributed by atoms with Gasteiger partial charge in [-0.25, -0.2) is 8.78 Å². The predicted octanol–water partition coefficient (Wildman–Crippen LogP) is 5.22. The van der Waals surface area contributed by atoms with E-state index in [1.807, 2.05) is 37.3 Å². The van der Waals surface area contributed by atoms with Crippen LogP contribution in [0.4, 0.5) is 8.78 Å². The SMILES string of the molecule is C=C(C)C[C@H](O)C(F)(F)[C@H](OCc1ccccc1)c1ccc(C)cc1. The maximum atomic E-state index is 14.9. The zero-order chi connectivity index (χ0) is 18.4. The van der Waals surface area contributed by atoms with Crippen molar-refractivity contribution in [3.63, 3.8) is 0 Å². The van der Waals surface area contributed by atoms with Crippen molar-refractivity contribution in [2.75, 3.05) is 0 Å². The van der Waals surface area contributed by atoms with E-state index in [-0.39, 0.29) is 13.0 Å². The molecule has 134 valence electrons. The summed E-state index contributed by atoms with van der Waals surface area (Å²) in [6.45, 7) is 7.15. The van der Waals surface area contributed by atoms with Gasteiger partial charge in [-0.3, -0.25) is 0 Å². The van der Waals surface area contributed by atoms with Crippen molar-refractivity contribution >= 4 is 0 Å². The Morgan fingerprint density at radius 2 is 1.72 bits per heavy atom. The molecule has 0 saturated heterocycles. The van der Waals surface area contributed by atoms with Crippen LogP contribution < -0.4 is 0 Å². The summed E-state index contributed by atoms with van der Waals surface area (Å²) in [5, 5.41) is 10.0. The van der Waals surface area contributed by atoms with E-state index in [0.29, 0.717) is 11.1 Å². The molecule has 0 aliphatic heterocycles. The van der Waals surface area contributed by atoms with Crippen LogP contribution in [0, 0.1) is 6.92 Å². The molecule has 0 radical (unpaired) electrons. The van der Waals surface area contributed by atoms with Crippen molar-refractivity contribution < 1.29 is 18.6 Å². The highest BCUT2D eigenvalue weighted by atomic mass is 19.3. The molecular weight excluding hydrogens is 322 g/mol. The Labute approximate surface area is 147 Å². The summed E-state index contributed by atoms with van der Waals surface area (Å²) in [6, 6.07) is 15.9. The number of halogens is 2. The average molecular weight is 346 g/mol. The highest BCUT2D eigenvalue weighted by Gasteiger charge is 2.48. The standard InChI is InChI=1S/C21H24F2O2/c1-15(2)13-19(24)21(22,23)20(18-11-9-16(3)10-12-18)25-14-17-7-5-4-6-8-17/h4-12,19-20,24H,1,13-14H2,2-3H3/t19-,20+/m0/s1. The second-order valence-corrected chi connectivity index (χ2v) is 6.44. The number of rotatable bonds is 8. The minimum atomic E-state index is -3.44. The zero-order valence-corrected chi connectivity index (χ0v) is 14.6. The maximum absolute atomic E-state index is 14.9. The Kier molecular flexibility index (Phi) is 6.45. The number of aliphatic hydroxyl groups is 1. The summed E-state index contributed by atoms with van der Waals surface area (Å²) < 4.78 is 35.4. The van der Waals surface area contributed by atoms with Crippen LogP contribution in [0.5, 0.6) is 0 Å². The van der Waals surface area contributed by atoms with E-state index in [4.69, 9.17) is 4.74 Å². The fraction of sp³-hybridized carbons (Fsp3) is 0.333. The van der Waals surface area contributed by atoms with Gasteiger partial charge >= 0.3 is 5.92 Å². The van der Waals surface area contributed by atoms with Crippen molar-refractivity contribution in [1.82, 2.24) is 0 Å². The molecule has 2 nitrogen and oxygen atoms in total. The van der Waals surface area contributed by atoms with Gasteiger partial charge in [0.1, 0.15) is 12.2 Å². The topological polar surface area (TPSA) is 29.5 Å². The van der Waals surface area contributed by atoms with E-state index < -0.39 is 18.1 Å². The van der Waals surface area contributed by atoms with Crippen molar-refractivity contribution in [2.24, 2.45) is 0 Å². The number of alkyl halides is 2. The summed E-state index contributed by atoms with van der Waals surface area (Å²) in [7, 11) is 0. The van der Waals surface area contributed by atoms with Crippen molar-refractivity contribution in [3.8, 4) is 0 Å². The third kappa shape index (κ3) is 5.21. The molecule has 0 spiro atoms. The first-order chi connectivity index (χ1) is 11.8. The summed E-state index contributed by atoms with van der Waals surface area (Å²) in [6.07, 6.45) is -3.57. The molecule has 0 aliphatic carbocycles. The van der Waals surface area contributed by atoms with Crippen LogP contribution in [0.15, 0.2) is 66.7 Å². The van der Waals surface area contributed by atoms with Crippen molar-refractivity contribution in [1.29, 1.82) is 0 Å². The summed E-state index contributed by atoms with van der Waals surface area (Å²) in [4.78, 5) is 0. The van der Waals surface area contributed by atoms with Crippen LogP contribution in [0.25, 0.3) is 0 Å². The molecule has 2 aromatic carbocycles. The number of hydrogen-bond donors (Lipinski definition) is 1. The summed E-state index contributed by atoms with van der Waals surface area (Å²) >= 11 is 0. The van der Waals surface area contributed by atoms with Gasteiger partial charge in [0.25, 0.3) is 0 Å². The maximum Gasteiger partial charge on any atom is 0.303 e. The molecule has 0 fully saturated rings. The number of aliphatic hydroxyl groups excluding tert-OH is 1. The molecule has 2 aromatic rings. The smallest absolute Gasteiger partial charge is 0.303 e. The highest BCUT2D eigenvalue weighted by Crippen LogP contribution is 2.39. The molecule has 0 heterocycles. The lowest BCUT2D eigenvalue weighted by atomic mass is 9.95. The van der Waals surface area contributed by atoms with Gasteiger partial charge in [-0.05, 0) is 31.4 Å². The van der Waals surface area contributed by atoms with Crippen molar-refractivity contribution in [2.45, 2.75) is 45.0 Å². The van der Waals surface area contributed by atoms with Gasteiger partial charge < -0.3 is 9.84 Å². The molecule has 25 heavy (non-hydrogen) atoms. The quantitative estimate of drug-likeness (QED) is 0.665.